The molecule has 0 heterocycles. The Morgan fingerprint density at radius 3 is 2.58 bits per heavy atom. The third-order valence-corrected chi connectivity index (χ3v) is 3.63. The van der Waals surface area contributed by atoms with E-state index in [9.17, 15) is 0 Å². The van der Waals surface area contributed by atoms with Gasteiger partial charge in [0.15, 0.2) is 0 Å². The van der Waals surface area contributed by atoms with Crippen molar-refractivity contribution in [2.75, 3.05) is 6.54 Å². The molecular weight excluding hydrogens is 234 g/mol. The predicted octanol–water partition coefficient (Wildman–Crippen LogP) is 3.66. The number of hydrogen-bond acceptors (Lipinski definition) is 2. The van der Waals surface area contributed by atoms with E-state index in [1.54, 1.807) is 0 Å². The van der Waals surface area contributed by atoms with E-state index < -0.39 is 0 Å². The zero-order valence-corrected chi connectivity index (χ0v) is 10.8. The molecule has 0 atom stereocenters. The molecule has 0 spiro atoms. The van der Waals surface area contributed by atoms with Crippen molar-refractivity contribution in [3.63, 3.8) is 0 Å². The Bertz CT molecular complexity index is 602. The maximum Gasteiger partial charge on any atom is 0.0421 e. The molecule has 3 rings (SSSR count). The molecule has 0 fully saturated rings. The summed E-state index contributed by atoms with van der Waals surface area (Å²) in [5.41, 5.74) is 8.65. The minimum Gasteiger partial charge on any atom is -0.317 e. The van der Waals surface area contributed by atoms with Gasteiger partial charge in [-0.3, -0.25) is 0 Å². The number of hydroxylamine groups is 1. The van der Waals surface area contributed by atoms with E-state index in [-0.39, 0.29) is 0 Å². The molecule has 0 bridgehead atoms. The van der Waals surface area contributed by atoms with Gasteiger partial charge < -0.3 is 5.21 Å². The Labute approximate surface area is 113 Å². The Morgan fingerprint density at radius 2 is 1.79 bits per heavy atom. The highest BCUT2D eigenvalue weighted by Crippen LogP contribution is 2.28. The lowest BCUT2D eigenvalue weighted by molar-refractivity contribution is 0.176. The van der Waals surface area contributed by atoms with Crippen LogP contribution >= 0.6 is 0 Å². The van der Waals surface area contributed by atoms with E-state index in [1.807, 2.05) is 6.07 Å². The molecule has 1 aliphatic carbocycles. The van der Waals surface area contributed by atoms with Gasteiger partial charge in [0.2, 0.25) is 0 Å². The molecule has 0 saturated carbocycles. The van der Waals surface area contributed by atoms with Crippen LogP contribution in [0.15, 0.2) is 54.1 Å². The van der Waals surface area contributed by atoms with E-state index in [4.69, 9.17) is 5.21 Å². The van der Waals surface area contributed by atoms with Crippen LogP contribution in [-0.4, -0.2) is 11.8 Å². The molecule has 1 aliphatic rings. The van der Waals surface area contributed by atoms with Crippen molar-refractivity contribution in [1.82, 2.24) is 5.48 Å². The average Bonchev–Trinajstić information content (AvgIpc) is 2.48. The van der Waals surface area contributed by atoms with Gasteiger partial charge in [0.05, 0.1) is 0 Å². The maximum atomic E-state index is 8.81. The standard InChI is InChI=1S/C17H17NO/c19-18-12-13-6-7-15-8-9-16(11-17(15)10-13)14-4-2-1-3-5-14/h1-5,8-11,18-19H,6-7,12H2. The smallest absolute Gasteiger partial charge is 0.0421 e. The van der Waals surface area contributed by atoms with Gasteiger partial charge in [-0.15, -0.1) is 0 Å². The van der Waals surface area contributed by atoms with Crippen LogP contribution in [0.4, 0.5) is 0 Å². The number of nitrogens with one attached hydrogen (secondary N) is 1. The topological polar surface area (TPSA) is 32.3 Å². The SMILES string of the molecule is ONCC1=Cc2cc(-c3ccccc3)ccc2CC1. The molecule has 2 nitrogen and oxygen atoms in total. The summed E-state index contributed by atoms with van der Waals surface area (Å²) in [7, 11) is 0. The highest BCUT2D eigenvalue weighted by atomic mass is 16.5. The van der Waals surface area contributed by atoms with Crippen LogP contribution in [0, 0.1) is 0 Å². The maximum absolute atomic E-state index is 8.81. The second-order valence-electron chi connectivity index (χ2n) is 4.92. The van der Waals surface area contributed by atoms with E-state index >= 15 is 0 Å². The molecule has 0 radical (unpaired) electrons. The van der Waals surface area contributed by atoms with Crippen LogP contribution < -0.4 is 5.48 Å². The van der Waals surface area contributed by atoms with Crippen LogP contribution in [0.1, 0.15) is 17.5 Å². The first-order valence-electron chi connectivity index (χ1n) is 6.61. The molecule has 0 aliphatic heterocycles. The molecule has 2 heteroatoms. The normalized spacial score (nSPS) is 13.8. The average molecular weight is 251 g/mol. The van der Waals surface area contributed by atoms with Crippen LogP contribution in [-0.2, 0) is 6.42 Å². The first kappa shape index (κ1) is 12.2. The summed E-state index contributed by atoms with van der Waals surface area (Å²) < 4.78 is 0. The van der Waals surface area contributed by atoms with E-state index in [0.717, 1.165) is 12.8 Å². The van der Waals surface area contributed by atoms with Crippen molar-refractivity contribution in [2.24, 2.45) is 0 Å². The molecule has 0 saturated heterocycles. The molecule has 2 N–H and O–H groups in total. The van der Waals surface area contributed by atoms with Gasteiger partial charge in [0.1, 0.15) is 0 Å². The molecule has 2 aromatic carbocycles. The molecule has 0 unspecified atom stereocenters. The zero-order valence-electron chi connectivity index (χ0n) is 10.8. The van der Waals surface area contributed by atoms with Gasteiger partial charge in [-0.25, -0.2) is 5.48 Å². The van der Waals surface area contributed by atoms with E-state index in [2.05, 4.69) is 54.0 Å². The van der Waals surface area contributed by atoms with Crippen LogP contribution in [0.2, 0.25) is 0 Å². The minimum absolute atomic E-state index is 0.551. The number of hydrogen-bond donors (Lipinski definition) is 2. The Kier molecular flexibility index (Phi) is 3.45. The summed E-state index contributed by atoms with van der Waals surface area (Å²) in [5.74, 6) is 0. The fourth-order valence-electron chi connectivity index (χ4n) is 2.60. The van der Waals surface area contributed by atoms with Crippen LogP contribution in [0.5, 0.6) is 0 Å². The molecule has 0 amide bonds. The summed E-state index contributed by atoms with van der Waals surface area (Å²) in [5, 5.41) is 8.81. The Hall–Kier alpha value is -1.90. The second kappa shape index (κ2) is 5.39. The summed E-state index contributed by atoms with van der Waals surface area (Å²) in [6.07, 6.45) is 4.26. The summed E-state index contributed by atoms with van der Waals surface area (Å²) in [4.78, 5) is 0. The molecule has 19 heavy (non-hydrogen) atoms. The Balaban J connectivity index is 1.98. The van der Waals surface area contributed by atoms with Crippen LogP contribution in [0.3, 0.4) is 0 Å². The third kappa shape index (κ3) is 2.60. The molecule has 96 valence electrons. The Morgan fingerprint density at radius 1 is 0.947 bits per heavy atom. The highest BCUT2D eigenvalue weighted by Gasteiger charge is 2.11. The van der Waals surface area contributed by atoms with Crippen molar-refractivity contribution < 1.29 is 5.21 Å². The van der Waals surface area contributed by atoms with E-state index in [0.29, 0.717) is 6.54 Å². The minimum atomic E-state index is 0.551. The first-order chi connectivity index (χ1) is 9.36. The number of benzene rings is 2. The third-order valence-electron chi connectivity index (χ3n) is 3.63. The lowest BCUT2D eigenvalue weighted by Gasteiger charge is -2.17. The van der Waals surface area contributed by atoms with Gasteiger partial charge in [-0.1, -0.05) is 54.1 Å². The lowest BCUT2D eigenvalue weighted by Crippen LogP contribution is -2.13. The van der Waals surface area contributed by atoms with Crippen molar-refractivity contribution in [1.29, 1.82) is 0 Å². The van der Waals surface area contributed by atoms with Gasteiger partial charge in [-0.2, -0.15) is 0 Å². The quantitative estimate of drug-likeness (QED) is 0.816. The highest BCUT2D eigenvalue weighted by molar-refractivity contribution is 5.70. The predicted molar refractivity (Wildman–Crippen MR) is 78.0 cm³/mol. The van der Waals surface area contributed by atoms with Gasteiger partial charge in [0.25, 0.3) is 0 Å². The molecule has 0 aromatic heterocycles. The number of aryl methyl sites for hydroxylation is 1. The lowest BCUT2D eigenvalue weighted by atomic mass is 9.90. The monoisotopic (exact) mass is 251 g/mol. The summed E-state index contributed by atoms with van der Waals surface area (Å²) in [6, 6.07) is 17.1. The van der Waals surface area contributed by atoms with Crippen molar-refractivity contribution in [3.8, 4) is 11.1 Å². The summed E-state index contributed by atoms with van der Waals surface area (Å²) >= 11 is 0. The fraction of sp³-hybridized carbons (Fsp3) is 0.176. The van der Waals surface area contributed by atoms with Gasteiger partial charge >= 0.3 is 0 Å². The van der Waals surface area contributed by atoms with Crippen LogP contribution in [0.25, 0.3) is 17.2 Å². The van der Waals surface area contributed by atoms with Gasteiger partial charge in [-0.05, 0) is 41.2 Å². The van der Waals surface area contributed by atoms with E-state index in [1.165, 1.54) is 27.8 Å². The fourth-order valence-corrected chi connectivity index (χ4v) is 2.60. The summed E-state index contributed by atoms with van der Waals surface area (Å²) in [6.45, 7) is 0.551. The molecule has 2 aromatic rings. The van der Waals surface area contributed by atoms with Gasteiger partial charge in [0, 0.05) is 6.54 Å². The number of fused-ring (bicyclic) bond motifs is 1. The first-order valence-corrected chi connectivity index (χ1v) is 6.61. The zero-order chi connectivity index (χ0) is 13.1. The second-order valence-corrected chi connectivity index (χ2v) is 4.92. The largest absolute Gasteiger partial charge is 0.317 e. The van der Waals surface area contributed by atoms with Crippen molar-refractivity contribution in [2.45, 2.75) is 12.8 Å². The van der Waals surface area contributed by atoms with Crippen molar-refractivity contribution in [3.05, 3.63) is 65.2 Å². The molecular formula is C17H17NO. The van der Waals surface area contributed by atoms with Crippen molar-refractivity contribution >= 4 is 6.08 Å². The number of rotatable bonds is 3.